The summed E-state index contributed by atoms with van der Waals surface area (Å²) in [6.07, 6.45) is 0. The van der Waals surface area contributed by atoms with Crippen molar-refractivity contribution in [3.05, 3.63) is 103 Å². The minimum Gasteiger partial charge on any atom is -0.453 e. The van der Waals surface area contributed by atoms with Crippen LogP contribution in [0.2, 0.25) is 0 Å². The highest BCUT2D eigenvalue weighted by molar-refractivity contribution is 5.83. The van der Waals surface area contributed by atoms with Gasteiger partial charge in [0.15, 0.2) is 11.5 Å². The molecule has 29 heavy (non-hydrogen) atoms. The van der Waals surface area contributed by atoms with Gasteiger partial charge in [-0.15, -0.1) is 0 Å². The van der Waals surface area contributed by atoms with Crippen molar-refractivity contribution in [3.8, 4) is 11.5 Å². The van der Waals surface area contributed by atoms with Crippen LogP contribution in [0.15, 0.2) is 97.1 Å². The van der Waals surface area contributed by atoms with Gasteiger partial charge >= 0.3 is 0 Å². The van der Waals surface area contributed by atoms with E-state index in [1.54, 1.807) is 0 Å². The highest BCUT2D eigenvalue weighted by Crippen LogP contribution is 2.48. The third kappa shape index (κ3) is 3.11. The van der Waals surface area contributed by atoms with Gasteiger partial charge in [-0.25, -0.2) is 0 Å². The molecule has 1 heterocycles. The van der Waals surface area contributed by atoms with E-state index in [0.717, 1.165) is 39.9 Å². The van der Waals surface area contributed by atoms with E-state index in [0.29, 0.717) is 0 Å². The van der Waals surface area contributed by atoms with E-state index in [-0.39, 0.29) is 0 Å². The SMILES string of the molecule is Cc1ccc(N(c2ccccc2)c2ccc3c(c2)Oc2ccccc2N3C)cc1. The summed E-state index contributed by atoms with van der Waals surface area (Å²) in [6, 6.07) is 33.6. The molecule has 1 aliphatic rings. The maximum absolute atomic E-state index is 6.26. The van der Waals surface area contributed by atoms with Crippen molar-refractivity contribution in [1.82, 2.24) is 0 Å². The number of rotatable bonds is 3. The summed E-state index contributed by atoms with van der Waals surface area (Å²) in [5, 5.41) is 0. The van der Waals surface area contributed by atoms with Crippen LogP contribution in [-0.4, -0.2) is 7.05 Å². The Kier molecular flexibility index (Phi) is 4.21. The van der Waals surface area contributed by atoms with Crippen molar-refractivity contribution in [2.75, 3.05) is 16.8 Å². The molecule has 4 aromatic rings. The van der Waals surface area contributed by atoms with Crippen LogP contribution in [-0.2, 0) is 0 Å². The van der Waals surface area contributed by atoms with Gasteiger partial charge in [0.05, 0.1) is 11.4 Å². The number of hydrogen-bond donors (Lipinski definition) is 0. The molecule has 0 aromatic heterocycles. The Balaban J connectivity index is 1.62. The maximum Gasteiger partial charge on any atom is 0.153 e. The number of aryl methyl sites for hydroxylation is 1. The smallest absolute Gasteiger partial charge is 0.153 e. The van der Waals surface area contributed by atoms with E-state index in [1.165, 1.54) is 5.56 Å². The minimum atomic E-state index is 0.858. The lowest BCUT2D eigenvalue weighted by atomic mass is 10.1. The van der Waals surface area contributed by atoms with Crippen LogP contribution < -0.4 is 14.5 Å². The van der Waals surface area contributed by atoms with E-state index in [9.17, 15) is 0 Å². The summed E-state index contributed by atoms with van der Waals surface area (Å²) < 4.78 is 6.26. The number of ether oxygens (including phenoxy) is 1. The van der Waals surface area contributed by atoms with Gasteiger partial charge in [-0.2, -0.15) is 0 Å². The topological polar surface area (TPSA) is 15.7 Å². The molecule has 0 spiro atoms. The second kappa shape index (κ2) is 7.02. The quantitative estimate of drug-likeness (QED) is 0.371. The average molecular weight is 378 g/mol. The third-order valence-electron chi connectivity index (χ3n) is 5.32. The molecule has 0 atom stereocenters. The van der Waals surface area contributed by atoms with E-state index in [4.69, 9.17) is 4.74 Å². The molecule has 0 unspecified atom stereocenters. The first kappa shape index (κ1) is 17.4. The highest BCUT2D eigenvalue weighted by atomic mass is 16.5. The van der Waals surface area contributed by atoms with E-state index in [1.807, 2.05) is 24.3 Å². The first-order chi connectivity index (χ1) is 14.2. The van der Waals surface area contributed by atoms with Crippen LogP contribution in [0.25, 0.3) is 0 Å². The number of para-hydroxylation sites is 3. The Bertz CT molecular complexity index is 1150. The Morgan fingerprint density at radius 3 is 2.03 bits per heavy atom. The Labute approximate surface area is 171 Å². The summed E-state index contributed by atoms with van der Waals surface area (Å²) in [6.45, 7) is 2.11. The largest absolute Gasteiger partial charge is 0.453 e. The summed E-state index contributed by atoms with van der Waals surface area (Å²) in [4.78, 5) is 4.43. The molecule has 3 heteroatoms. The molecule has 0 aliphatic carbocycles. The van der Waals surface area contributed by atoms with Gasteiger partial charge in [0.1, 0.15) is 0 Å². The number of anilines is 5. The molecular weight excluding hydrogens is 356 g/mol. The van der Waals surface area contributed by atoms with Crippen LogP contribution >= 0.6 is 0 Å². The maximum atomic E-state index is 6.26. The molecule has 0 N–H and O–H groups in total. The summed E-state index contributed by atoms with van der Waals surface area (Å²) in [7, 11) is 2.08. The molecule has 1 aliphatic heterocycles. The first-order valence-corrected chi connectivity index (χ1v) is 9.77. The standard InChI is InChI=1S/C26H22N2O/c1-19-12-14-21(15-13-19)28(20-8-4-3-5-9-20)22-16-17-24-26(18-22)29-25-11-7-6-10-23(25)27(24)2/h3-18H,1-2H3. The van der Waals surface area contributed by atoms with Crippen LogP contribution in [0.3, 0.4) is 0 Å². The molecule has 0 amide bonds. The molecule has 0 radical (unpaired) electrons. The number of hydrogen-bond acceptors (Lipinski definition) is 3. The van der Waals surface area contributed by atoms with Crippen molar-refractivity contribution in [2.45, 2.75) is 6.92 Å². The van der Waals surface area contributed by atoms with E-state index >= 15 is 0 Å². The number of fused-ring (bicyclic) bond motifs is 2. The number of nitrogens with zero attached hydrogens (tertiary/aromatic N) is 2. The molecule has 0 saturated carbocycles. The lowest BCUT2D eigenvalue weighted by molar-refractivity contribution is 0.475. The predicted octanol–water partition coefficient (Wildman–Crippen LogP) is 7.34. The molecule has 0 bridgehead atoms. The van der Waals surface area contributed by atoms with Gasteiger partial charge in [-0.1, -0.05) is 48.0 Å². The summed E-state index contributed by atoms with van der Waals surface area (Å²) in [5.41, 5.74) is 6.67. The van der Waals surface area contributed by atoms with Crippen molar-refractivity contribution in [2.24, 2.45) is 0 Å². The van der Waals surface area contributed by atoms with Gasteiger partial charge in [0.25, 0.3) is 0 Å². The minimum absolute atomic E-state index is 0.858. The van der Waals surface area contributed by atoms with Crippen LogP contribution in [0, 0.1) is 6.92 Å². The molecule has 3 nitrogen and oxygen atoms in total. The third-order valence-corrected chi connectivity index (χ3v) is 5.32. The van der Waals surface area contributed by atoms with Crippen LogP contribution in [0.4, 0.5) is 28.4 Å². The Hall–Kier alpha value is -3.72. The first-order valence-electron chi connectivity index (χ1n) is 9.77. The van der Waals surface area contributed by atoms with Crippen LogP contribution in [0.1, 0.15) is 5.56 Å². The second-order valence-electron chi connectivity index (χ2n) is 7.29. The fraction of sp³-hybridized carbons (Fsp3) is 0.0769. The average Bonchev–Trinajstić information content (AvgIpc) is 2.76. The lowest BCUT2D eigenvalue weighted by Crippen LogP contribution is -2.16. The van der Waals surface area contributed by atoms with Gasteiger partial charge in [0, 0.05) is 30.2 Å². The highest BCUT2D eigenvalue weighted by Gasteiger charge is 2.23. The molecule has 4 aromatic carbocycles. The van der Waals surface area contributed by atoms with Crippen molar-refractivity contribution in [1.29, 1.82) is 0 Å². The second-order valence-corrected chi connectivity index (χ2v) is 7.29. The summed E-state index contributed by atoms with van der Waals surface area (Å²) >= 11 is 0. The van der Waals surface area contributed by atoms with Gasteiger partial charge < -0.3 is 14.5 Å². The zero-order chi connectivity index (χ0) is 19.8. The fourth-order valence-electron chi connectivity index (χ4n) is 3.79. The molecule has 0 saturated heterocycles. The Morgan fingerprint density at radius 1 is 0.621 bits per heavy atom. The normalized spacial score (nSPS) is 12.0. The number of benzene rings is 4. The van der Waals surface area contributed by atoms with E-state index < -0.39 is 0 Å². The molecule has 5 rings (SSSR count). The van der Waals surface area contributed by atoms with Gasteiger partial charge in [-0.3, -0.25) is 0 Å². The van der Waals surface area contributed by atoms with Crippen molar-refractivity contribution in [3.63, 3.8) is 0 Å². The van der Waals surface area contributed by atoms with Gasteiger partial charge in [0.2, 0.25) is 0 Å². The monoisotopic (exact) mass is 378 g/mol. The van der Waals surface area contributed by atoms with Crippen molar-refractivity contribution < 1.29 is 4.74 Å². The zero-order valence-corrected chi connectivity index (χ0v) is 16.5. The Morgan fingerprint density at radius 2 is 1.24 bits per heavy atom. The fourth-order valence-corrected chi connectivity index (χ4v) is 3.79. The molecule has 142 valence electrons. The van der Waals surface area contributed by atoms with E-state index in [2.05, 4.69) is 96.6 Å². The lowest BCUT2D eigenvalue weighted by Gasteiger charge is -2.31. The van der Waals surface area contributed by atoms with Crippen LogP contribution in [0.5, 0.6) is 11.5 Å². The molecule has 0 fully saturated rings. The van der Waals surface area contributed by atoms with Crippen molar-refractivity contribution >= 4 is 28.4 Å². The molecular formula is C26H22N2O. The zero-order valence-electron chi connectivity index (χ0n) is 16.5. The van der Waals surface area contributed by atoms with Gasteiger partial charge in [-0.05, 0) is 55.5 Å². The summed E-state index contributed by atoms with van der Waals surface area (Å²) in [5.74, 6) is 1.73. The predicted molar refractivity (Wildman–Crippen MR) is 120 cm³/mol.